The fourth-order valence-electron chi connectivity index (χ4n) is 2.64. The summed E-state index contributed by atoms with van der Waals surface area (Å²) < 4.78 is 0.908. The van der Waals surface area contributed by atoms with Gasteiger partial charge in [0.15, 0.2) is 0 Å². The Labute approximate surface area is 143 Å². The smallest absolute Gasteiger partial charge is 0.256 e. The number of benzene rings is 2. The van der Waals surface area contributed by atoms with Gasteiger partial charge in [-0.15, -0.1) is 0 Å². The third-order valence-electron chi connectivity index (χ3n) is 4.08. The van der Waals surface area contributed by atoms with Gasteiger partial charge in [0, 0.05) is 10.2 Å². The van der Waals surface area contributed by atoms with Crippen LogP contribution < -0.4 is 10.2 Å². The Morgan fingerprint density at radius 2 is 1.74 bits per heavy atom. The number of nitrogens with one attached hydrogen (secondary N) is 1. The lowest BCUT2D eigenvalue weighted by Crippen LogP contribution is -2.34. The van der Waals surface area contributed by atoms with E-state index >= 15 is 0 Å². The number of amides is 2. The Kier molecular flexibility index (Phi) is 4.22. The molecule has 1 N–H and O–H groups in total. The van der Waals surface area contributed by atoms with Crippen LogP contribution in [0.15, 0.2) is 46.9 Å². The Balaban J connectivity index is 1.80. The summed E-state index contributed by atoms with van der Waals surface area (Å²) in [6.45, 7) is 4.06. The maximum atomic E-state index is 12.6. The summed E-state index contributed by atoms with van der Waals surface area (Å²) in [4.78, 5) is 26.1. The Morgan fingerprint density at radius 3 is 2.39 bits per heavy atom. The largest absolute Gasteiger partial charge is 0.373 e. The van der Waals surface area contributed by atoms with Gasteiger partial charge in [-0.2, -0.15) is 0 Å². The second-order valence-corrected chi connectivity index (χ2v) is 6.66. The highest BCUT2D eigenvalue weighted by molar-refractivity contribution is 9.10. The number of hydrogen-bond donors (Lipinski definition) is 1. The maximum Gasteiger partial charge on any atom is 0.256 e. The molecule has 2 aromatic rings. The molecule has 1 fully saturated rings. The van der Waals surface area contributed by atoms with Crippen LogP contribution in [0.4, 0.5) is 11.4 Å². The molecule has 1 heterocycles. The molecule has 118 valence electrons. The second-order valence-electron chi connectivity index (χ2n) is 5.74. The summed E-state index contributed by atoms with van der Waals surface area (Å²) in [6, 6.07) is 12.6. The molecular weight excluding hydrogens is 356 g/mol. The normalized spacial score (nSPS) is 17.7. The number of hydrogen-bond acceptors (Lipinski definition) is 3. The molecule has 1 aliphatic rings. The first-order chi connectivity index (χ1) is 11.0. The van der Waals surface area contributed by atoms with Crippen LogP contribution in [0.25, 0.3) is 0 Å². The van der Waals surface area contributed by atoms with Gasteiger partial charge in [0.25, 0.3) is 5.91 Å². The van der Waals surface area contributed by atoms with Crippen LogP contribution in [-0.4, -0.2) is 17.9 Å². The van der Waals surface area contributed by atoms with Gasteiger partial charge >= 0.3 is 0 Å². The van der Waals surface area contributed by atoms with E-state index in [1.807, 2.05) is 44.2 Å². The van der Waals surface area contributed by atoms with Gasteiger partial charge < -0.3 is 5.32 Å². The zero-order valence-electron chi connectivity index (χ0n) is 13.0. The highest BCUT2D eigenvalue weighted by atomic mass is 79.9. The Hall–Kier alpha value is -2.14. The van der Waals surface area contributed by atoms with Crippen molar-refractivity contribution in [2.45, 2.75) is 26.3 Å². The van der Waals surface area contributed by atoms with E-state index in [9.17, 15) is 9.59 Å². The molecule has 0 unspecified atom stereocenters. The van der Waals surface area contributed by atoms with Crippen molar-refractivity contribution in [1.29, 1.82) is 0 Å². The molecule has 5 heteroatoms. The quantitative estimate of drug-likeness (QED) is 0.833. The average molecular weight is 373 g/mol. The molecule has 2 amide bonds. The Bertz CT molecular complexity index is 771. The topological polar surface area (TPSA) is 49.4 Å². The summed E-state index contributed by atoms with van der Waals surface area (Å²) in [5, 5.41) is 3.18. The number of imide groups is 1. The van der Waals surface area contributed by atoms with E-state index in [1.165, 1.54) is 10.5 Å². The Morgan fingerprint density at radius 1 is 1.04 bits per heavy atom. The molecule has 3 rings (SSSR count). The number of rotatable bonds is 3. The third-order valence-corrected chi connectivity index (χ3v) is 4.61. The van der Waals surface area contributed by atoms with Crippen LogP contribution in [-0.2, 0) is 9.59 Å². The highest BCUT2D eigenvalue weighted by Crippen LogP contribution is 2.26. The summed E-state index contributed by atoms with van der Waals surface area (Å²) in [6.07, 6.45) is 0.168. The first-order valence-electron chi connectivity index (χ1n) is 7.42. The molecule has 0 spiro atoms. The van der Waals surface area contributed by atoms with E-state index in [2.05, 4.69) is 21.2 Å². The van der Waals surface area contributed by atoms with Crippen molar-refractivity contribution >= 4 is 39.1 Å². The van der Waals surface area contributed by atoms with Gasteiger partial charge in [0.05, 0.1) is 12.1 Å². The number of halogens is 1. The number of anilines is 2. The number of carbonyl (C=O) groups excluding carboxylic acids is 2. The predicted molar refractivity (Wildman–Crippen MR) is 94.6 cm³/mol. The molecule has 1 aliphatic heterocycles. The third kappa shape index (κ3) is 3.15. The summed E-state index contributed by atoms with van der Waals surface area (Å²) >= 11 is 3.35. The molecule has 0 saturated carbocycles. The van der Waals surface area contributed by atoms with Crippen molar-refractivity contribution in [2.24, 2.45) is 0 Å². The molecule has 1 atom stereocenters. The van der Waals surface area contributed by atoms with Crippen molar-refractivity contribution in [2.75, 3.05) is 10.2 Å². The summed E-state index contributed by atoms with van der Waals surface area (Å²) in [5.74, 6) is -0.394. The minimum atomic E-state index is -0.520. The molecule has 0 aliphatic carbocycles. The number of carbonyl (C=O) groups is 2. The van der Waals surface area contributed by atoms with Crippen LogP contribution in [0.2, 0.25) is 0 Å². The van der Waals surface area contributed by atoms with E-state index in [0.717, 1.165) is 15.7 Å². The van der Waals surface area contributed by atoms with Crippen LogP contribution in [0, 0.1) is 13.8 Å². The first-order valence-corrected chi connectivity index (χ1v) is 8.21. The standard InChI is InChI=1S/C18H17BrN2O2/c1-11-3-6-14(9-12(11)2)20-16-10-17(22)21(18(16)23)15-7-4-13(19)5-8-15/h3-9,16,20H,10H2,1-2H3/t16-/m1/s1. The lowest BCUT2D eigenvalue weighted by molar-refractivity contribution is -0.121. The fraction of sp³-hybridized carbons (Fsp3) is 0.222. The molecule has 4 nitrogen and oxygen atoms in total. The van der Waals surface area contributed by atoms with Gasteiger partial charge in [-0.3, -0.25) is 9.59 Å². The molecule has 2 aromatic carbocycles. The van der Waals surface area contributed by atoms with Gasteiger partial charge in [0.2, 0.25) is 5.91 Å². The van der Waals surface area contributed by atoms with Crippen molar-refractivity contribution in [3.63, 3.8) is 0 Å². The highest BCUT2D eigenvalue weighted by Gasteiger charge is 2.39. The minimum Gasteiger partial charge on any atom is -0.373 e. The van der Waals surface area contributed by atoms with E-state index in [1.54, 1.807) is 12.1 Å². The van der Waals surface area contributed by atoms with Gasteiger partial charge in [-0.1, -0.05) is 22.0 Å². The van der Waals surface area contributed by atoms with E-state index < -0.39 is 6.04 Å². The van der Waals surface area contributed by atoms with Crippen molar-refractivity contribution in [1.82, 2.24) is 0 Å². The number of aryl methyl sites for hydroxylation is 2. The lowest BCUT2D eigenvalue weighted by Gasteiger charge is -2.16. The van der Waals surface area contributed by atoms with Gasteiger partial charge in [-0.25, -0.2) is 4.90 Å². The second kappa shape index (κ2) is 6.16. The molecule has 0 aromatic heterocycles. The van der Waals surface area contributed by atoms with Crippen molar-refractivity contribution in [3.8, 4) is 0 Å². The zero-order chi connectivity index (χ0) is 16.6. The molecule has 0 radical (unpaired) electrons. The van der Waals surface area contributed by atoms with Gasteiger partial charge in [-0.05, 0) is 61.4 Å². The minimum absolute atomic E-state index is 0.168. The van der Waals surface area contributed by atoms with E-state index in [4.69, 9.17) is 0 Å². The van der Waals surface area contributed by atoms with Crippen molar-refractivity contribution in [3.05, 3.63) is 58.1 Å². The predicted octanol–water partition coefficient (Wildman–Crippen LogP) is 3.81. The number of nitrogens with zero attached hydrogens (tertiary/aromatic N) is 1. The summed E-state index contributed by atoms with van der Waals surface area (Å²) in [5.41, 5.74) is 3.81. The van der Waals surface area contributed by atoms with Crippen LogP contribution in [0.5, 0.6) is 0 Å². The molecular formula is C18H17BrN2O2. The summed E-state index contributed by atoms with van der Waals surface area (Å²) in [7, 11) is 0. The van der Waals surface area contributed by atoms with E-state index in [0.29, 0.717) is 5.69 Å². The SMILES string of the molecule is Cc1ccc(N[C@@H]2CC(=O)N(c3ccc(Br)cc3)C2=O)cc1C. The molecule has 1 saturated heterocycles. The van der Waals surface area contributed by atoms with Crippen LogP contribution in [0.3, 0.4) is 0 Å². The fourth-order valence-corrected chi connectivity index (χ4v) is 2.90. The van der Waals surface area contributed by atoms with Gasteiger partial charge in [0.1, 0.15) is 6.04 Å². The van der Waals surface area contributed by atoms with Crippen LogP contribution in [0.1, 0.15) is 17.5 Å². The average Bonchev–Trinajstić information content (AvgIpc) is 2.79. The zero-order valence-corrected chi connectivity index (χ0v) is 14.6. The lowest BCUT2D eigenvalue weighted by atomic mass is 10.1. The monoisotopic (exact) mass is 372 g/mol. The first kappa shape index (κ1) is 15.7. The van der Waals surface area contributed by atoms with Crippen molar-refractivity contribution < 1.29 is 9.59 Å². The van der Waals surface area contributed by atoms with E-state index in [-0.39, 0.29) is 18.2 Å². The maximum absolute atomic E-state index is 12.6. The molecule has 0 bridgehead atoms. The molecule has 23 heavy (non-hydrogen) atoms. The van der Waals surface area contributed by atoms with Crippen LogP contribution >= 0.6 is 15.9 Å².